The lowest BCUT2D eigenvalue weighted by Crippen LogP contribution is -1.88. The summed E-state index contributed by atoms with van der Waals surface area (Å²) in [5.41, 5.74) is 7.87. The van der Waals surface area contributed by atoms with E-state index < -0.39 is 0 Å². The van der Waals surface area contributed by atoms with Gasteiger partial charge in [0.05, 0.1) is 0 Å². The predicted octanol–water partition coefficient (Wildman–Crippen LogP) is 13.9. The van der Waals surface area contributed by atoms with E-state index in [-0.39, 0.29) is 7.43 Å². The molecule has 0 atom stereocenters. The number of rotatable bonds is 6. The zero-order valence-electron chi connectivity index (χ0n) is 35.0. The third-order valence-electron chi connectivity index (χ3n) is 8.14. The van der Waals surface area contributed by atoms with E-state index in [0.29, 0.717) is 35.5 Å². The summed E-state index contributed by atoms with van der Waals surface area (Å²) < 4.78 is 0. The summed E-state index contributed by atoms with van der Waals surface area (Å²) >= 11 is 0. The zero-order valence-corrected chi connectivity index (χ0v) is 35.0. The molecule has 6 nitrogen and oxygen atoms in total. The largest absolute Gasteiger partial charge is 0.265 e. The maximum atomic E-state index is 4.01. The molecule has 0 radical (unpaired) electrons. The molecule has 1 aromatic carbocycles. The molecule has 0 saturated heterocycles. The Bertz CT molecular complexity index is 1340. The molecule has 0 aliphatic rings. The minimum atomic E-state index is 0. The van der Waals surface area contributed by atoms with E-state index in [1.807, 2.05) is 79.8 Å². The minimum absolute atomic E-state index is 0. The van der Waals surface area contributed by atoms with Crippen LogP contribution in [0.1, 0.15) is 159 Å². The Balaban J connectivity index is 0.000000634. The summed E-state index contributed by atoms with van der Waals surface area (Å²) in [5.74, 6) is 3.60. The van der Waals surface area contributed by atoms with Crippen LogP contribution in [-0.2, 0) is 0 Å². The number of aromatic nitrogens is 6. The molecule has 0 aliphatic carbocycles. The third-order valence-corrected chi connectivity index (χ3v) is 8.14. The molecule has 0 amide bonds. The smallest absolute Gasteiger partial charge is 0.115 e. The Morgan fingerprint density at radius 1 is 0.273 bits per heavy atom. The quantitative estimate of drug-likeness (QED) is 0.169. The molecule has 0 aliphatic heterocycles. The van der Waals surface area contributed by atoms with E-state index in [4.69, 9.17) is 0 Å². The Hall–Kier alpha value is -5.10. The van der Waals surface area contributed by atoms with Gasteiger partial charge in [0.2, 0.25) is 0 Å². The van der Waals surface area contributed by atoms with Crippen molar-refractivity contribution in [3.05, 3.63) is 181 Å². The van der Waals surface area contributed by atoms with Gasteiger partial charge in [0, 0.05) is 62.0 Å². The van der Waals surface area contributed by atoms with Crippen molar-refractivity contribution in [1.82, 2.24) is 29.9 Å². The summed E-state index contributed by atoms with van der Waals surface area (Å²) in [4.78, 5) is 23.7. The van der Waals surface area contributed by atoms with Gasteiger partial charge in [-0.2, -0.15) is 0 Å². The predicted molar refractivity (Wildman–Crippen MR) is 237 cm³/mol. The summed E-state index contributed by atoms with van der Waals surface area (Å²) in [5, 5.41) is 0. The van der Waals surface area contributed by atoms with Crippen molar-refractivity contribution in [2.24, 2.45) is 0 Å². The number of nitrogens with zero attached hydrogens (tertiary/aromatic N) is 6. The van der Waals surface area contributed by atoms with Crippen molar-refractivity contribution < 1.29 is 0 Å². The number of hydrogen-bond acceptors (Lipinski definition) is 6. The van der Waals surface area contributed by atoms with Crippen molar-refractivity contribution in [2.75, 3.05) is 0 Å². The van der Waals surface area contributed by atoms with Crippen molar-refractivity contribution in [2.45, 2.75) is 126 Å². The Morgan fingerprint density at radius 2 is 0.564 bits per heavy atom. The molecule has 0 spiro atoms. The maximum absolute atomic E-state index is 4.01. The molecule has 55 heavy (non-hydrogen) atoms. The van der Waals surface area contributed by atoms with Crippen molar-refractivity contribution in [3.63, 3.8) is 0 Å². The molecule has 0 N–H and O–H groups in total. The summed E-state index contributed by atoms with van der Waals surface area (Å²) in [6.07, 6.45) is 20.0. The highest BCUT2D eigenvalue weighted by atomic mass is 14.8. The van der Waals surface area contributed by atoms with Crippen LogP contribution in [0.2, 0.25) is 0 Å². The maximum Gasteiger partial charge on any atom is 0.115 e. The first-order chi connectivity index (χ1) is 25.8. The molecule has 6 rings (SSSR count). The Morgan fingerprint density at radius 3 is 0.782 bits per heavy atom. The van der Waals surface area contributed by atoms with Crippen LogP contribution in [0.4, 0.5) is 0 Å². The van der Waals surface area contributed by atoms with Gasteiger partial charge < -0.3 is 0 Å². The molecular formula is C49H70N6. The van der Waals surface area contributed by atoms with E-state index in [2.05, 4.69) is 155 Å². The molecule has 296 valence electrons. The van der Waals surface area contributed by atoms with Gasteiger partial charge in [0.15, 0.2) is 0 Å². The Kier molecular flexibility index (Phi) is 27.4. The van der Waals surface area contributed by atoms with Crippen molar-refractivity contribution in [3.8, 4) is 0 Å². The van der Waals surface area contributed by atoms with Gasteiger partial charge in [-0.25, -0.2) is 9.97 Å². The first kappa shape index (κ1) is 49.9. The SMILES string of the molecule is C.CC(C)c1ccccc1.CC(C)c1cccnc1.CC(C)c1cccnc1.CC(C)c1cccnc1.CC(C)c1ccncc1.CC(C)c1cncnc1. The molecular weight excluding hydrogens is 673 g/mol. The van der Waals surface area contributed by atoms with Gasteiger partial charge >= 0.3 is 0 Å². The van der Waals surface area contributed by atoms with Crippen LogP contribution in [0.5, 0.6) is 0 Å². The zero-order chi connectivity index (χ0) is 40.1. The average molecular weight is 743 g/mol. The lowest BCUT2D eigenvalue weighted by atomic mass is 10.0. The van der Waals surface area contributed by atoms with Crippen LogP contribution in [0.15, 0.2) is 147 Å². The number of pyridine rings is 4. The normalized spacial score (nSPS) is 9.93. The van der Waals surface area contributed by atoms with E-state index in [1.54, 1.807) is 24.9 Å². The lowest BCUT2D eigenvalue weighted by molar-refractivity contribution is 0.845. The lowest BCUT2D eigenvalue weighted by Gasteiger charge is -2.01. The van der Waals surface area contributed by atoms with Gasteiger partial charge in [-0.05, 0) is 99.2 Å². The fraction of sp³-hybridized carbons (Fsp3) is 0.388. The van der Waals surface area contributed by atoms with Crippen LogP contribution in [0.3, 0.4) is 0 Å². The molecule has 6 aromatic rings. The first-order valence-corrected chi connectivity index (χ1v) is 19.2. The second-order valence-corrected chi connectivity index (χ2v) is 14.7. The van der Waals surface area contributed by atoms with Crippen LogP contribution >= 0.6 is 0 Å². The first-order valence-electron chi connectivity index (χ1n) is 19.2. The van der Waals surface area contributed by atoms with Crippen LogP contribution in [-0.4, -0.2) is 29.9 Å². The summed E-state index contributed by atoms with van der Waals surface area (Å²) in [7, 11) is 0. The fourth-order valence-corrected chi connectivity index (χ4v) is 4.35. The Labute approximate surface area is 335 Å². The number of hydrogen-bond donors (Lipinski definition) is 0. The highest BCUT2D eigenvalue weighted by molar-refractivity contribution is 5.18. The highest BCUT2D eigenvalue weighted by Gasteiger charge is 1.98. The molecule has 5 aromatic heterocycles. The van der Waals surface area contributed by atoms with Crippen LogP contribution < -0.4 is 0 Å². The van der Waals surface area contributed by atoms with Crippen molar-refractivity contribution in [1.29, 1.82) is 0 Å². The topological polar surface area (TPSA) is 77.3 Å². The minimum Gasteiger partial charge on any atom is -0.265 e. The number of benzene rings is 1. The fourth-order valence-electron chi connectivity index (χ4n) is 4.35. The van der Waals surface area contributed by atoms with Crippen LogP contribution in [0.25, 0.3) is 0 Å². The molecule has 0 fully saturated rings. The highest BCUT2D eigenvalue weighted by Crippen LogP contribution is 2.14. The van der Waals surface area contributed by atoms with E-state index in [1.165, 1.54) is 33.4 Å². The van der Waals surface area contributed by atoms with Gasteiger partial charge in [-0.3, -0.25) is 19.9 Å². The monoisotopic (exact) mass is 743 g/mol. The standard InChI is InChI=1S/C9H12.4C8H11N.C7H10N2.CH4/c1-8(2)9-6-4-3-5-7-9;1-7(2)8-3-5-9-6-4-8;3*1-7(2)8-4-3-5-9-6-8;1-6(2)7-3-8-5-9-4-7;/h3-8H,1-2H3;4*3-7H,1-2H3;3-6H,1-2H3;1H4. The third kappa shape index (κ3) is 24.0. The van der Waals surface area contributed by atoms with Crippen molar-refractivity contribution >= 4 is 0 Å². The second-order valence-electron chi connectivity index (χ2n) is 14.7. The molecule has 0 saturated carbocycles. The molecule has 6 heteroatoms. The van der Waals surface area contributed by atoms with E-state index in [9.17, 15) is 0 Å². The molecule has 0 unspecified atom stereocenters. The summed E-state index contributed by atoms with van der Waals surface area (Å²) in [6.45, 7) is 26.0. The average Bonchev–Trinajstić information content (AvgIpc) is 3.21. The van der Waals surface area contributed by atoms with Gasteiger partial charge in [0.1, 0.15) is 6.33 Å². The van der Waals surface area contributed by atoms with Crippen LogP contribution in [0, 0.1) is 0 Å². The van der Waals surface area contributed by atoms with Gasteiger partial charge in [0.25, 0.3) is 0 Å². The van der Waals surface area contributed by atoms with E-state index in [0.717, 1.165) is 0 Å². The van der Waals surface area contributed by atoms with E-state index >= 15 is 0 Å². The summed E-state index contributed by atoms with van der Waals surface area (Å²) in [6, 6.07) is 26.8. The molecule has 5 heterocycles. The second kappa shape index (κ2) is 30.3. The molecule has 0 bridgehead atoms. The van der Waals surface area contributed by atoms with Gasteiger partial charge in [-0.1, -0.05) is 139 Å². The van der Waals surface area contributed by atoms with Gasteiger partial charge in [-0.15, -0.1) is 0 Å².